The fraction of sp³-hybridized carbons (Fsp3) is 0.750. The van der Waals surface area contributed by atoms with Crippen molar-refractivity contribution in [2.24, 2.45) is 11.3 Å². The Morgan fingerprint density at radius 1 is 1.47 bits per heavy atom. The molecule has 1 saturated carbocycles. The van der Waals surface area contributed by atoms with Crippen molar-refractivity contribution in [1.82, 2.24) is 5.32 Å². The summed E-state index contributed by atoms with van der Waals surface area (Å²) in [6, 6.07) is 0. The molecule has 1 spiro atoms. The Balaban J connectivity index is 1.67. The second-order valence-electron chi connectivity index (χ2n) is 4.94. The number of carbonyl (C=O) groups excluding carboxylic acids is 1. The van der Waals surface area contributed by atoms with Crippen molar-refractivity contribution in [3.63, 3.8) is 0 Å². The number of nitrogens with one attached hydrogen (secondary N) is 1. The van der Waals surface area contributed by atoms with Crippen LogP contribution in [-0.2, 0) is 9.53 Å². The van der Waals surface area contributed by atoms with Crippen LogP contribution in [0.5, 0.6) is 0 Å². The molecule has 0 aromatic carbocycles. The normalized spacial score (nSPS) is 32.3. The second-order valence-corrected chi connectivity index (χ2v) is 4.94. The van der Waals surface area contributed by atoms with Crippen LogP contribution in [0.25, 0.3) is 0 Å². The summed E-state index contributed by atoms with van der Waals surface area (Å²) >= 11 is 0. The number of rotatable bonds is 2. The molecule has 0 aromatic rings. The molecule has 1 aliphatic carbocycles. The molecular formula is C12H17NO2. The van der Waals surface area contributed by atoms with E-state index in [2.05, 4.69) is 5.32 Å². The molecule has 3 rings (SSSR count). The highest BCUT2D eigenvalue weighted by Gasteiger charge is 2.58. The molecule has 82 valence electrons. The largest absolute Gasteiger partial charge is 0.490 e. The van der Waals surface area contributed by atoms with Crippen LogP contribution in [-0.4, -0.2) is 25.5 Å². The SMILES string of the molecule is O=C(C1=CCCO1)C1CC12CCNCC2. The summed E-state index contributed by atoms with van der Waals surface area (Å²) in [6.45, 7) is 2.84. The molecule has 1 unspecified atom stereocenters. The number of ketones is 1. The van der Waals surface area contributed by atoms with Gasteiger partial charge >= 0.3 is 0 Å². The first-order valence-electron chi connectivity index (χ1n) is 5.90. The van der Waals surface area contributed by atoms with Gasteiger partial charge in [-0.05, 0) is 43.8 Å². The van der Waals surface area contributed by atoms with Gasteiger partial charge < -0.3 is 10.1 Å². The minimum atomic E-state index is 0.268. The topological polar surface area (TPSA) is 38.3 Å². The molecule has 1 atom stereocenters. The maximum absolute atomic E-state index is 12.1. The number of Topliss-reactive ketones (excluding diaryl/α,β-unsaturated/α-hetero) is 1. The smallest absolute Gasteiger partial charge is 0.200 e. The van der Waals surface area contributed by atoms with Crippen LogP contribution in [0.1, 0.15) is 25.7 Å². The summed E-state index contributed by atoms with van der Waals surface area (Å²) in [5.41, 5.74) is 0.342. The molecule has 3 aliphatic rings. The highest BCUT2D eigenvalue weighted by Crippen LogP contribution is 2.59. The number of allylic oxidation sites excluding steroid dienone is 1. The molecular weight excluding hydrogens is 190 g/mol. The third-order valence-electron chi connectivity index (χ3n) is 4.05. The summed E-state index contributed by atoms with van der Waals surface area (Å²) in [5.74, 6) is 1.19. The van der Waals surface area contributed by atoms with Gasteiger partial charge in [0.05, 0.1) is 6.61 Å². The molecule has 0 aromatic heterocycles. The van der Waals surface area contributed by atoms with Crippen molar-refractivity contribution >= 4 is 5.78 Å². The lowest BCUT2D eigenvalue weighted by molar-refractivity contribution is -0.120. The van der Waals surface area contributed by atoms with Gasteiger partial charge in [-0.15, -0.1) is 0 Å². The van der Waals surface area contributed by atoms with Gasteiger partial charge in [-0.25, -0.2) is 0 Å². The van der Waals surface area contributed by atoms with Crippen molar-refractivity contribution in [3.8, 4) is 0 Å². The van der Waals surface area contributed by atoms with Gasteiger partial charge in [-0.1, -0.05) is 0 Å². The molecule has 1 saturated heterocycles. The van der Waals surface area contributed by atoms with Gasteiger partial charge in [-0.3, -0.25) is 4.79 Å². The summed E-state index contributed by atoms with van der Waals surface area (Å²) in [6.07, 6.45) is 6.28. The van der Waals surface area contributed by atoms with E-state index in [9.17, 15) is 4.79 Å². The van der Waals surface area contributed by atoms with Crippen molar-refractivity contribution in [2.75, 3.05) is 19.7 Å². The highest BCUT2D eigenvalue weighted by atomic mass is 16.5. The number of hydrogen-bond donors (Lipinski definition) is 1. The fourth-order valence-electron chi connectivity index (χ4n) is 2.96. The van der Waals surface area contributed by atoms with Crippen molar-refractivity contribution in [1.29, 1.82) is 0 Å². The van der Waals surface area contributed by atoms with Crippen molar-refractivity contribution < 1.29 is 9.53 Å². The molecule has 3 heteroatoms. The maximum atomic E-state index is 12.1. The average molecular weight is 207 g/mol. The minimum absolute atomic E-state index is 0.268. The first-order chi connectivity index (χ1) is 7.32. The van der Waals surface area contributed by atoms with Crippen LogP contribution in [0, 0.1) is 11.3 Å². The monoisotopic (exact) mass is 207 g/mol. The summed E-state index contributed by atoms with van der Waals surface area (Å²) < 4.78 is 5.35. The summed E-state index contributed by atoms with van der Waals surface area (Å²) in [7, 11) is 0. The van der Waals surface area contributed by atoms with E-state index in [1.54, 1.807) is 0 Å². The number of hydrogen-bond acceptors (Lipinski definition) is 3. The molecule has 0 bridgehead atoms. The zero-order valence-electron chi connectivity index (χ0n) is 8.92. The van der Waals surface area contributed by atoms with Crippen LogP contribution >= 0.6 is 0 Å². The molecule has 2 aliphatic heterocycles. The molecule has 3 nitrogen and oxygen atoms in total. The van der Waals surface area contributed by atoms with Crippen molar-refractivity contribution in [3.05, 3.63) is 11.8 Å². The van der Waals surface area contributed by atoms with E-state index in [0.29, 0.717) is 17.8 Å². The lowest BCUT2D eigenvalue weighted by atomic mass is 9.90. The highest BCUT2D eigenvalue weighted by molar-refractivity contribution is 5.98. The molecule has 0 radical (unpaired) electrons. The average Bonchev–Trinajstić information content (AvgIpc) is 2.76. The Bertz CT molecular complexity index is 316. The molecule has 2 heterocycles. The standard InChI is InChI=1S/C12H17NO2/c14-11(10-2-1-7-15-10)9-8-12(9)3-5-13-6-4-12/h2,9,13H,1,3-8H2. The van der Waals surface area contributed by atoms with Crippen LogP contribution in [0.3, 0.4) is 0 Å². The summed E-state index contributed by atoms with van der Waals surface area (Å²) in [4.78, 5) is 12.1. The van der Waals surface area contributed by atoms with Crippen LogP contribution in [0.4, 0.5) is 0 Å². The fourth-order valence-corrected chi connectivity index (χ4v) is 2.96. The lowest BCUT2D eigenvalue weighted by Gasteiger charge is -2.23. The van der Waals surface area contributed by atoms with Gasteiger partial charge in [0.15, 0.2) is 5.76 Å². The van der Waals surface area contributed by atoms with Gasteiger partial charge in [0.25, 0.3) is 0 Å². The Kier molecular flexibility index (Phi) is 2.09. The Morgan fingerprint density at radius 2 is 2.27 bits per heavy atom. The number of ether oxygens (including phenoxy) is 1. The lowest BCUT2D eigenvalue weighted by Crippen LogP contribution is -2.31. The van der Waals surface area contributed by atoms with Gasteiger partial charge in [0, 0.05) is 12.3 Å². The predicted octanol–water partition coefficient (Wildman–Crippen LogP) is 1.25. The van der Waals surface area contributed by atoms with E-state index in [-0.39, 0.29) is 11.7 Å². The number of piperidine rings is 1. The van der Waals surface area contributed by atoms with E-state index in [0.717, 1.165) is 38.8 Å². The Labute approximate surface area is 89.9 Å². The van der Waals surface area contributed by atoms with E-state index in [1.165, 1.54) is 0 Å². The third kappa shape index (κ3) is 1.49. The van der Waals surface area contributed by atoms with Crippen LogP contribution < -0.4 is 5.32 Å². The zero-order chi connectivity index (χ0) is 10.3. The number of carbonyl (C=O) groups is 1. The second kappa shape index (κ2) is 3.34. The molecule has 2 fully saturated rings. The van der Waals surface area contributed by atoms with Gasteiger partial charge in [-0.2, -0.15) is 0 Å². The molecule has 1 N–H and O–H groups in total. The summed E-state index contributed by atoms with van der Waals surface area (Å²) in [5, 5.41) is 3.35. The van der Waals surface area contributed by atoms with E-state index in [4.69, 9.17) is 4.74 Å². The van der Waals surface area contributed by atoms with Gasteiger partial charge in [0.1, 0.15) is 0 Å². The molecule has 0 amide bonds. The maximum Gasteiger partial charge on any atom is 0.200 e. The van der Waals surface area contributed by atoms with Crippen molar-refractivity contribution in [2.45, 2.75) is 25.7 Å². The first-order valence-corrected chi connectivity index (χ1v) is 5.90. The first kappa shape index (κ1) is 9.40. The van der Waals surface area contributed by atoms with Gasteiger partial charge in [0.2, 0.25) is 5.78 Å². The Morgan fingerprint density at radius 3 is 2.93 bits per heavy atom. The van der Waals surface area contributed by atoms with Crippen LogP contribution in [0.15, 0.2) is 11.8 Å². The Hall–Kier alpha value is -0.830. The third-order valence-corrected chi connectivity index (χ3v) is 4.05. The molecule has 15 heavy (non-hydrogen) atoms. The quantitative estimate of drug-likeness (QED) is 0.740. The van der Waals surface area contributed by atoms with Crippen LogP contribution in [0.2, 0.25) is 0 Å². The predicted molar refractivity (Wildman–Crippen MR) is 56.3 cm³/mol. The van der Waals surface area contributed by atoms with E-state index < -0.39 is 0 Å². The zero-order valence-corrected chi connectivity index (χ0v) is 8.92. The van der Waals surface area contributed by atoms with E-state index in [1.807, 2.05) is 6.08 Å². The minimum Gasteiger partial charge on any atom is -0.490 e. The van der Waals surface area contributed by atoms with E-state index >= 15 is 0 Å².